The highest BCUT2D eigenvalue weighted by Gasteiger charge is 2.21. The largest absolute Gasteiger partial charge is 0.336 e. The summed E-state index contributed by atoms with van der Waals surface area (Å²) in [5, 5.41) is 6.32. The first-order chi connectivity index (χ1) is 8.79. The van der Waals surface area contributed by atoms with Crippen LogP contribution in [0.25, 0.3) is 0 Å². The number of amides is 2. The lowest BCUT2D eigenvalue weighted by Crippen LogP contribution is -2.42. The summed E-state index contributed by atoms with van der Waals surface area (Å²) in [6.45, 7) is 10.3. The maximum atomic E-state index is 11.5. The summed E-state index contributed by atoms with van der Waals surface area (Å²) < 4.78 is 0. The van der Waals surface area contributed by atoms with Gasteiger partial charge in [0.1, 0.15) is 0 Å². The van der Waals surface area contributed by atoms with E-state index in [1.54, 1.807) is 0 Å². The van der Waals surface area contributed by atoms with Crippen LogP contribution in [0.15, 0.2) is 0 Å². The zero-order valence-electron chi connectivity index (χ0n) is 11.5. The van der Waals surface area contributed by atoms with E-state index >= 15 is 0 Å². The van der Waals surface area contributed by atoms with Gasteiger partial charge in [0.15, 0.2) is 0 Å². The molecule has 5 heteroatoms. The lowest BCUT2D eigenvalue weighted by atomic mass is 9.99. The van der Waals surface area contributed by atoms with E-state index in [0.29, 0.717) is 0 Å². The summed E-state index contributed by atoms with van der Waals surface area (Å²) in [7, 11) is 0. The van der Waals surface area contributed by atoms with Gasteiger partial charge in [0.25, 0.3) is 0 Å². The van der Waals surface area contributed by atoms with Gasteiger partial charge in [0.05, 0.1) is 0 Å². The number of hydrogen-bond acceptors (Lipinski definition) is 3. The summed E-state index contributed by atoms with van der Waals surface area (Å²) in [5.74, 6) is 0.783. The Kier molecular flexibility index (Phi) is 5.26. The number of nitrogens with zero attached hydrogens (tertiary/aromatic N) is 2. The van der Waals surface area contributed by atoms with E-state index in [1.165, 1.54) is 25.9 Å². The maximum Gasteiger partial charge on any atom is 0.317 e. The molecule has 2 saturated heterocycles. The minimum Gasteiger partial charge on any atom is -0.336 e. The van der Waals surface area contributed by atoms with Gasteiger partial charge in [0, 0.05) is 32.7 Å². The average molecular weight is 254 g/mol. The SMILES string of the molecule is CCN(CCN1CCNC1=O)CC1CCCNC1. The van der Waals surface area contributed by atoms with Crippen LogP contribution in [0.3, 0.4) is 0 Å². The third kappa shape index (κ3) is 3.85. The monoisotopic (exact) mass is 254 g/mol. The Bertz CT molecular complexity index is 266. The van der Waals surface area contributed by atoms with Crippen molar-refractivity contribution >= 4 is 6.03 Å². The van der Waals surface area contributed by atoms with Crippen molar-refractivity contribution in [3.63, 3.8) is 0 Å². The fraction of sp³-hybridized carbons (Fsp3) is 0.923. The summed E-state index contributed by atoms with van der Waals surface area (Å²) in [4.78, 5) is 15.8. The van der Waals surface area contributed by atoms with E-state index in [0.717, 1.165) is 45.2 Å². The first kappa shape index (κ1) is 13.6. The Morgan fingerprint density at radius 3 is 2.94 bits per heavy atom. The molecule has 0 radical (unpaired) electrons. The van der Waals surface area contributed by atoms with Crippen LogP contribution in [0.4, 0.5) is 4.79 Å². The van der Waals surface area contributed by atoms with Gasteiger partial charge < -0.3 is 20.4 Å². The van der Waals surface area contributed by atoms with Crippen LogP contribution in [0, 0.1) is 5.92 Å². The predicted octanol–water partition coefficient (Wildman–Crippen LogP) is 0.333. The molecule has 2 rings (SSSR count). The summed E-state index contributed by atoms with van der Waals surface area (Å²) in [6, 6.07) is 0.102. The smallest absolute Gasteiger partial charge is 0.317 e. The van der Waals surface area contributed by atoms with E-state index in [2.05, 4.69) is 22.5 Å². The van der Waals surface area contributed by atoms with Crippen molar-refractivity contribution in [3.8, 4) is 0 Å². The van der Waals surface area contributed by atoms with Crippen LogP contribution in [0.2, 0.25) is 0 Å². The number of piperidine rings is 1. The molecule has 1 unspecified atom stereocenters. The lowest BCUT2D eigenvalue weighted by molar-refractivity contribution is 0.185. The number of urea groups is 1. The molecule has 2 fully saturated rings. The topological polar surface area (TPSA) is 47.6 Å². The number of likely N-dealkylation sites (N-methyl/N-ethyl adjacent to an activating group) is 1. The van der Waals surface area contributed by atoms with E-state index in [-0.39, 0.29) is 6.03 Å². The van der Waals surface area contributed by atoms with Crippen LogP contribution in [0.1, 0.15) is 19.8 Å². The van der Waals surface area contributed by atoms with Crippen LogP contribution in [-0.4, -0.2) is 68.2 Å². The molecule has 5 nitrogen and oxygen atoms in total. The molecule has 2 aliphatic heterocycles. The Morgan fingerprint density at radius 2 is 2.33 bits per heavy atom. The second-order valence-electron chi connectivity index (χ2n) is 5.32. The number of carbonyl (C=O) groups excluding carboxylic acids is 1. The van der Waals surface area contributed by atoms with Crippen LogP contribution in [-0.2, 0) is 0 Å². The van der Waals surface area contributed by atoms with Crippen molar-refractivity contribution in [1.82, 2.24) is 20.4 Å². The van der Waals surface area contributed by atoms with Crippen molar-refractivity contribution in [3.05, 3.63) is 0 Å². The van der Waals surface area contributed by atoms with Crippen LogP contribution >= 0.6 is 0 Å². The van der Waals surface area contributed by atoms with Crippen molar-refractivity contribution in [2.45, 2.75) is 19.8 Å². The first-order valence-corrected chi connectivity index (χ1v) is 7.25. The Balaban J connectivity index is 1.69. The maximum absolute atomic E-state index is 11.5. The number of carbonyl (C=O) groups is 1. The molecule has 2 aliphatic rings. The van der Waals surface area contributed by atoms with Gasteiger partial charge >= 0.3 is 6.03 Å². The second kappa shape index (κ2) is 6.95. The Morgan fingerprint density at radius 1 is 1.44 bits per heavy atom. The minimum absolute atomic E-state index is 0.102. The Hall–Kier alpha value is -0.810. The number of rotatable bonds is 6. The molecule has 2 amide bonds. The van der Waals surface area contributed by atoms with E-state index < -0.39 is 0 Å². The highest BCUT2D eigenvalue weighted by molar-refractivity contribution is 5.76. The molecule has 0 saturated carbocycles. The molecule has 0 aromatic carbocycles. The van der Waals surface area contributed by atoms with Gasteiger partial charge in [0.2, 0.25) is 0 Å². The average Bonchev–Trinajstić information content (AvgIpc) is 2.81. The number of hydrogen-bond donors (Lipinski definition) is 2. The van der Waals surface area contributed by atoms with Crippen molar-refractivity contribution in [2.75, 3.05) is 52.4 Å². The van der Waals surface area contributed by atoms with Crippen LogP contribution < -0.4 is 10.6 Å². The molecule has 0 aromatic heterocycles. The summed E-state index contributed by atoms with van der Waals surface area (Å²) in [6.07, 6.45) is 2.64. The molecule has 18 heavy (non-hydrogen) atoms. The lowest BCUT2D eigenvalue weighted by Gasteiger charge is -2.30. The fourth-order valence-electron chi connectivity index (χ4n) is 2.81. The number of nitrogens with one attached hydrogen (secondary N) is 2. The molecule has 0 aliphatic carbocycles. The molecule has 2 heterocycles. The molecule has 2 N–H and O–H groups in total. The van der Waals surface area contributed by atoms with E-state index in [4.69, 9.17) is 0 Å². The van der Waals surface area contributed by atoms with Gasteiger partial charge in [-0.05, 0) is 38.4 Å². The van der Waals surface area contributed by atoms with Gasteiger partial charge in [-0.25, -0.2) is 4.79 Å². The van der Waals surface area contributed by atoms with Gasteiger partial charge in [-0.3, -0.25) is 0 Å². The third-order valence-electron chi connectivity index (χ3n) is 3.99. The molecule has 0 spiro atoms. The van der Waals surface area contributed by atoms with Crippen LogP contribution in [0.5, 0.6) is 0 Å². The van der Waals surface area contributed by atoms with Gasteiger partial charge in [-0.15, -0.1) is 0 Å². The zero-order valence-corrected chi connectivity index (χ0v) is 11.5. The molecule has 0 bridgehead atoms. The van der Waals surface area contributed by atoms with Gasteiger partial charge in [-0.2, -0.15) is 0 Å². The second-order valence-corrected chi connectivity index (χ2v) is 5.32. The minimum atomic E-state index is 0.102. The summed E-state index contributed by atoms with van der Waals surface area (Å²) in [5.41, 5.74) is 0. The molecular formula is C13H26N4O. The Labute approximate surface area is 110 Å². The normalized spacial score (nSPS) is 24.7. The van der Waals surface area contributed by atoms with E-state index in [9.17, 15) is 4.79 Å². The quantitative estimate of drug-likeness (QED) is 0.718. The third-order valence-corrected chi connectivity index (χ3v) is 3.99. The predicted molar refractivity (Wildman–Crippen MR) is 72.7 cm³/mol. The van der Waals surface area contributed by atoms with Gasteiger partial charge in [-0.1, -0.05) is 6.92 Å². The van der Waals surface area contributed by atoms with Crippen molar-refractivity contribution < 1.29 is 4.79 Å². The molecule has 0 aromatic rings. The molecule has 1 atom stereocenters. The highest BCUT2D eigenvalue weighted by atomic mass is 16.2. The summed E-state index contributed by atoms with van der Waals surface area (Å²) >= 11 is 0. The standard InChI is InChI=1S/C13H26N4O/c1-2-16(11-12-4-3-5-14-10-12)8-9-17-7-6-15-13(17)18/h12,14H,2-11H2,1H3,(H,15,18). The van der Waals surface area contributed by atoms with E-state index in [1.807, 2.05) is 4.90 Å². The van der Waals surface area contributed by atoms with Crippen molar-refractivity contribution in [1.29, 1.82) is 0 Å². The highest BCUT2D eigenvalue weighted by Crippen LogP contribution is 2.11. The molecular weight excluding hydrogens is 228 g/mol. The first-order valence-electron chi connectivity index (χ1n) is 7.25. The van der Waals surface area contributed by atoms with Crippen molar-refractivity contribution in [2.24, 2.45) is 5.92 Å². The fourth-order valence-corrected chi connectivity index (χ4v) is 2.81. The zero-order chi connectivity index (χ0) is 12.8. The molecule has 104 valence electrons.